The smallest absolute Gasteiger partial charge is 0.0540 e. The van der Waals surface area contributed by atoms with Crippen LogP contribution in [0.15, 0.2) is 255 Å². The number of rotatable bonds is 9. The number of hydrogen-bond acceptors (Lipinski definition) is 2. The minimum atomic E-state index is -0.151. The molecule has 0 aliphatic heterocycles. The molecule has 0 bridgehead atoms. The minimum Gasteiger partial charge on any atom is -0.310 e. The van der Waals surface area contributed by atoms with Gasteiger partial charge in [0.2, 0.25) is 0 Å². The first-order valence-electron chi connectivity index (χ1n) is 27.5. The van der Waals surface area contributed by atoms with Crippen molar-refractivity contribution in [3.8, 4) is 55.6 Å². The molecule has 0 aromatic heterocycles. The third-order valence-corrected chi connectivity index (χ3v) is 17.3. The van der Waals surface area contributed by atoms with Crippen molar-refractivity contribution in [2.45, 2.75) is 52.4 Å². The number of fused-ring (bicyclic) bond motifs is 8. The summed E-state index contributed by atoms with van der Waals surface area (Å²) in [6, 6.07) is 95.0. The van der Waals surface area contributed by atoms with Crippen LogP contribution >= 0.6 is 0 Å². The predicted molar refractivity (Wildman–Crippen MR) is 332 cm³/mol. The summed E-state index contributed by atoms with van der Waals surface area (Å²) < 4.78 is 0. The molecule has 12 aromatic rings. The lowest BCUT2D eigenvalue weighted by Gasteiger charge is -2.31. The molecule has 0 spiro atoms. The Labute approximate surface area is 459 Å². The monoisotopic (exact) mass is 1000 g/mol. The summed E-state index contributed by atoms with van der Waals surface area (Å²) in [5, 5.41) is 4.94. The highest BCUT2D eigenvalue weighted by molar-refractivity contribution is 6.04. The lowest BCUT2D eigenvalue weighted by atomic mass is 9.82. The van der Waals surface area contributed by atoms with Crippen LogP contribution in [0.5, 0.6) is 0 Å². The van der Waals surface area contributed by atoms with Crippen LogP contribution in [0.3, 0.4) is 0 Å². The van der Waals surface area contributed by atoms with Crippen molar-refractivity contribution >= 4 is 55.7 Å². The molecule has 2 nitrogen and oxygen atoms in total. The van der Waals surface area contributed by atoms with E-state index in [1.807, 2.05) is 0 Å². The van der Waals surface area contributed by atoms with Gasteiger partial charge in [-0.25, -0.2) is 0 Å². The number of hydrogen-bond donors (Lipinski definition) is 0. The molecule has 0 saturated carbocycles. The molecule has 0 fully saturated rings. The highest BCUT2D eigenvalue weighted by Gasteiger charge is 2.38. The Balaban J connectivity index is 0.903. The summed E-state index contributed by atoms with van der Waals surface area (Å²) >= 11 is 0. The molecule has 12 aromatic carbocycles. The molecular formula is C76H60N2. The summed E-state index contributed by atoms with van der Waals surface area (Å²) in [6.07, 6.45) is 0. The fourth-order valence-corrected chi connectivity index (χ4v) is 13.4. The topological polar surface area (TPSA) is 6.48 Å². The van der Waals surface area contributed by atoms with E-state index in [1.165, 1.54) is 111 Å². The Bertz CT molecular complexity index is 4090. The lowest BCUT2D eigenvalue weighted by molar-refractivity contribution is 0.660. The van der Waals surface area contributed by atoms with Gasteiger partial charge in [-0.3, -0.25) is 0 Å². The van der Waals surface area contributed by atoms with Gasteiger partial charge in [-0.2, -0.15) is 0 Å². The van der Waals surface area contributed by atoms with Crippen molar-refractivity contribution in [3.05, 3.63) is 288 Å². The van der Waals surface area contributed by atoms with E-state index in [1.54, 1.807) is 0 Å². The quantitative estimate of drug-likeness (QED) is 0.142. The molecule has 0 radical (unpaired) electrons. The highest BCUT2D eigenvalue weighted by atomic mass is 15.2. The third-order valence-electron chi connectivity index (χ3n) is 17.3. The summed E-state index contributed by atoms with van der Waals surface area (Å²) in [4.78, 5) is 5.01. The van der Waals surface area contributed by atoms with Crippen LogP contribution in [0.25, 0.3) is 77.2 Å². The zero-order valence-corrected chi connectivity index (χ0v) is 45.1. The molecule has 0 saturated heterocycles. The van der Waals surface area contributed by atoms with E-state index in [4.69, 9.17) is 0 Å². The van der Waals surface area contributed by atoms with E-state index < -0.39 is 0 Å². The molecule has 14 rings (SSSR count). The van der Waals surface area contributed by atoms with Crippen LogP contribution in [-0.2, 0) is 10.8 Å². The molecule has 0 unspecified atom stereocenters. The van der Waals surface area contributed by atoms with E-state index >= 15 is 0 Å². The van der Waals surface area contributed by atoms with Crippen molar-refractivity contribution in [2.75, 3.05) is 9.80 Å². The zero-order chi connectivity index (χ0) is 52.9. The Hall–Kier alpha value is -9.24. The minimum absolute atomic E-state index is 0.151. The van der Waals surface area contributed by atoms with Gasteiger partial charge < -0.3 is 9.80 Å². The van der Waals surface area contributed by atoms with E-state index in [-0.39, 0.29) is 10.8 Å². The Morgan fingerprint density at radius 3 is 1.04 bits per heavy atom. The second-order valence-corrected chi connectivity index (χ2v) is 22.6. The van der Waals surface area contributed by atoms with Crippen LogP contribution in [0.2, 0.25) is 0 Å². The Morgan fingerprint density at radius 1 is 0.256 bits per heavy atom. The molecule has 0 heterocycles. The molecule has 0 amide bonds. The molecule has 0 atom stereocenters. The Morgan fingerprint density at radius 2 is 0.603 bits per heavy atom. The van der Waals surface area contributed by atoms with Gasteiger partial charge >= 0.3 is 0 Å². The summed E-state index contributed by atoms with van der Waals surface area (Å²) in [6.45, 7) is 14.0. The van der Waals surface area contributed by atoms with Crippen LogP contribution in [-0.4, -0.2) is 0 Å². The maximum absolute atomic E-state index is 2.51. The highest BCUT2D eigenvalue weighted by Crippen LogP contribution is 2.54. The predicted octanol–water partition coefficient (Wildman–Crippen LogP) is 21.2. The largest absolute Gasteiger partial charge is 0.310 e. The van der Waals surface area contributed by atoms with Crippen LogP contribution in [0.4, 0.5) is 34.1 Å². The van der Waals surface area contributed by atoms with Gasteiger partial charge in [0.15, 0.2) is 0 Å². The lowest BCUT2D eigenvalue weighted by Crippen LogP contribution is -2.17. The van der Waals surface area contributed by atoms with Gasteiger partial charge in [0.25, 0.3) is 0 Å². The van der Waals surface area contributed by atoms with Gasteiger partial charge in [-0.1, -0.05) is 222 Å². The summed E-state index contributed by atoms with van der Waals surface area (Å²) in [7, 11) is 0. The fourth-order valence-electron chi connectivity index (χ4n) is 13.4. The SMILES string of the molecule is Cc1cc(-c2ccc(N(c3ccc4c(c3)C(C)(C)c3ccccc3-4)c3ccccc3-c3cccc4ccccc34)c(C)c2)ccc1N(c1ccc2c(c1)C(C)(C)c1ccccc1-2)c1ccccc1-c1cccc2ccccc12. The van der Waals surface area contributed by atoms with Crippen molar-refractivity contribution in [1.82, 2.24) is 0 Å². The number of nitrogens with zero attached hydrogens (tertiary/aromatic N) is 2. The first kappa shape index (κ1) is 47.2. The maximum atomic E-state index is 2.51. The summed E-state index contributed by atoms with van der Waals surface area (Å²) in [5.74, 6) is 0. The zero-order valence-electron chi connectivity index (χ0n) is 45.1. The summed E-state index contributed by atoms with van der Waals surface area (Å²) in [5.41, 5.74) is 26.8. The molecule has 2 heteroatoms. The van der Waals surface area contributed by atoms with Gasteiger partial charge in [0.05, 0.1) is 11.4 Å². The normalized spacial score (nSPS) is 13.5. The van der Waals surface area contributed by atoms with E-state index in [0.717, 1.165) is 34.1 Å². The average Bonchev–Trinajstić information content (AvgIpc) is 4.09. The average molecular weight is 1000 g/mol. The second-order valence-electron chi connectivity index (χ2n) is 22.6. The first-order chi connectivity index (χ1) is 38.0. The first-order valence-corrected chi connectivity index (χ1v) is 27.5. The number of para-hydroxylation sites is 2. The van der Waals surface area contributed by atoms with Crippen molar-refractivity contribution in [2.24, 2.45) is 0 Å². The maximum Gasteiger partial charge on any atom is 0.0540 e. The standard InChI is InChI=1S/C76H60N2/c1-49-45-53(37-43-71(49)77(55-39-41-63-61-27-11-15-33-67(61)75(3,4)69(63)47-55)73-35-17-13-29-65(73)59-31-19-23-51-21-7-9-25-57(51)59)54-38-44-72(50(2)46-54)78(56-40-42-64-62-28-12-16-34-68(62)76(5,6)70(64)48-56)74-36-18-14-30-66(74)60-32-20-24-52-22-8-10-26-58(52)60/h7-48H,1-6H3. The van der Waals surface area contributed by atoms with Crippen molar-refractivity contribution in [3.63, 3.8) is 0 Å². The number of aryl methyl sites for hydroxylation is 2. The second kappa shape index (κ2) is 18.2. The molecular weight excluding hydrogens is 941 g/mol. The van der Waals surface area contributed by atoms with E-state index in [0.29, 0.717) is 0 Å². The van der Waals surface area contributed by atoms with Crippen molar-refractivity contribution in [1.29, 1.82) is 0 Å². The third kappa shape index (κ3) is 7.46. The van der Waals surface area contributed by atoms with Gasteiger partial charge in [0.1, 0.15) is 0 Å². The molecule has 374 valence electrons. The molecule has 2 aliphatic rings. The van der Waals surface area contributed by atoms with Gasteiger partial charge in [0, 0.05) is 44.7 Å². The molecule has 2 aliphatic carbocycles. The van der Waals surface area contributed by atoms with Crippen LogP contribution in [0.1, 0.15) is 61.1 Å². The fraction of sp³-hybridized carbons (Fsp3) is 0.105. The van der Waals surface area contributed by atoms with Gasteiger partial charge in [-0.05, 0) is 174 Å². The molecule has 0 N–H and O–H groups in total. The molecule has 78 heavy (non-hydrogen) atoms. The number of anilines is 6. The van der Waals surface area contributed by atoms with Crippen molar-refractivity contribution < 1.29 is 0 Å². The van der Waals surface area contributed by atoms with E-state index in [2.05, 4.69) is 306 Å². The Kier molecular flexibility index (Phi) is 11.0. The van der Waals surface area contributed by atoms with Crippen LogP contribution in [0, 0.1) is 13.8 Å². The van der Waals surface area contributed by atoms with Crippen LogP contribution < -0.4 is 9.80 Å². The van der Waals surface area contributed by atoms with Gasteiger partial charge in [-0.15, -0.1) is 0 Å². The number of benzene rings is 12. The van der Waals surface area contributed by atoms with E-state index in [9.17, 15) is 0 Å².